The first-order chi connectivity index (χ1) is 10.6. The normalized spacial score (nSPS) is 15.7. The first-order valence-electron chi connectivity index (χ1n) is 7.36. The average Bonchev–Trinajstić information content (AvgIpc) is 3.01. The highest BCUT2D eigenvalue weighted by molar-refractivity contribution is 5.93. The van der Waals surface area contributed by atoms with E-state index < -0.39 is 11.6 Å². The molecule has 1 heterocycles. The first kappa shape index (κ1) is 14.7. The van der Waals surface area contributed by atoms with E-state index in [2.05, 4.69) is 10.5 Å². The van der Waals surface area contributed by atoms with Crippen LogP contribution >= 0.6 is 0 Å². The molecule has 0 spiro atoms. The Balaban J connectivity index is 1.72. The quantitative estimate of drug-likeness (QED) is 0.941. The van der Waals surface area contributed by atoms with Crippen molar-refractivity contribution in [3.8, 4) is 11.3 Å². The molecule has 22 heavy (non-hydrogen) atoms. The summed E-state index contributed by atoms with van der Waals surface area (Å²) in [6.07, 6.45) is 5.38. The number of nitrogens with zero attached hydrogens (tertiary/aromatic N) is 1. The zero-order chi connectivity index (χ0) is 15.5. The molecule has 0 radical (unpaired) electrons. The Morgan fingerprint density at radius 3 is 2.64 bits per heavy atom. The van der Waals surface area contributed by atoms with E-state index in [-0.39, 0.29) is 23.4 Å². The standard InChI is InChI=1S/C16H16F2N2O2/c17-12-7-6-10(8-13(12)18)15-9-14(20-22-15)16(21)19-11-4-2-1-3-5-11/h6-9,11H,1-5H2,(H,19,21). The van der Waals surface area contributed by atoms with Gasteiger partial charge in [-0.05, 0) is 31.0 Å². The molecule has 1 aliphatic rings. The number of halogens is 2. The van der Waals surface area contributed by atoms with Crippen LogP contribution < -0.4 is 5.32 Å². The van der Waals surface area contributed by atoms with Gasteiger partial charge in [-0.25, -0.2) is 8.78 Å². The minimum absolute atomic E-state index is 0.144. The number of nitrogens with one attached hydrogen (secondary N) is 1. The SMILES string of the molecule is O=C(NC1CCCCC1)c1cc(-c2ccc(F)c(F)c2)on1. The van der Waals surface area contributed by atoms with E-state index in [9.17, 15) is 13.6 Å². The molecule has 2 aromatic rings. The third-order valence-corrected chi connectivity index (χ3v) is 3.89. The minimum atomic E-state index is -0.970. The molecular formula is C16H16F2N2O2. The van der Waals surface area contributed by atoms with Crippen LogP contribution in [-0.4, -0.2) is 17.1 Å². The molecule has 0 atom stereocenters. The maximum atomic E-state index is 13.2. The van der Waals surface area contributed by atoms with Crippen LogP contribution in [0.4, 0.5) is 8.78 Å². The molecule has 0 saturated heterocycles. The molecule has 3 rings (SSSR count). The fraction of sp³-hybridized carbons (Fsp3) is 0.375. The van der Waals surface area contributed by atoms with Crippen molar-refractivity contribution in [1.82, 2.24) is 10.5 Å². The van der Waals surface area contributed by atoms with E-state index in [4.69, 9.17) is 4.52 Å². The molecule has 116 valence electrons. The highest BCUT2D eigenvalue weighted by Gasteiger charge is 2.20. The molecule has 1 saturated carbocycles. The summed E-state index contributed by atoms with van der Waals surface area (Å²) in [7, 11) is 0. The van der Waals surface area contributed by atoms with Gasteiger partial charge in [-0.2, -0.15) is 0 Å². The van der Waals surface area contributed by atoms with Crippen LogP contribution in [0.1, 0.15) is 42.6 Å². The lowest BCUT2D eigenvalue weighted by molar-refractivity contribution is 0.0918. The van der Waals surface area contributed by atoms with Crippen LogP contribution in [0.15, 0.2) is 28.8 Å². The van der Waals surface area contributed by atoms with Crippen molar-refractivity contribution in [2.45, 2.75) is 38.1 Å². The lowest BCUT2D eigenvalue weighted by Gasteiger charge is -2.22. The van der Waals surface area contributed by atoms with E-state index in [1.54, 1.807) is 0 Å². The molecule has 1 aliphatic carbocycles. The van der Waals surface area contributed by atoms with Crippen LogP contribution in [0.3, 0.4) is 0 Å². The van der Waals surface area contributed by atoms with E-state index in [0.29, 0.717) is 5.56 Å². The van der Waals surface area contributed by atoms with E-state index in [1.165, 1.54) is 18.6 Å². The Bertz CT molecular complexity index is 679. The van der Waals surface area contributed by atoms with E-state index in [0.717, 1.165) is 37.8 Å². The van der Waals surface area contributed by atoms with E-state index in [1.807, 2.05) is 0 Å². The Kier molecular flexibility index (Phi) is 4.18. The maximum Gasteiger partial charge on any atom is 0.273 e. The Morgan fingerprint density at radius 1 is 1.14 bits per heavy atom. The Hall–Kier alpha value is -2.24. The van der Waals surface area contributed by atoms with Gasteiger partial charge in [0.25, 0.3) is 5.91 Å². The molecule has 1 aromatic carbocycles. The van der Waals surface area contributed by atoms with Gasteiger partial charge in [-0.15, -0.1) is 0 Å². The maximum absolute atomic E-state index is 13.2. The second kappa shape index (κ2) is 6.25. The van der Waals surface area contributed by atoms with Gasteiger partial charge >= 0.3 is 0 Å². The molecular weight excluding hydrogens is 290 g/mol. The molecule has 6 heteroatoms. The van der Waals surface area contributed by atoms with Crippen LogP contribution in [0.2, 0.25) is 0 Å². The van der Waals surface area contributed by atoms with Gasteiger partial charge in [-0.1, -0.05) is 24.4 Å². The summed E-state index contributed by atoms with van der Waals surface area (Å²) in [6.45, 7) is 0. The number of hydrogen-bond acceptors (Lipinski definition) is 3. The van der Waals surface area contributed by atoms with Crippen molar-refractivity contribution in [1.29, 1.82) is 0 Å². The van der Waals surface area contributed by atoms with Crippen molar-refractivity contribution in [2.75, 3.05) is 0 Å². The van der Waals surface area contributed by atoms with Crippen molar-refractivity contribution in [3.63, 3.8) is 0 Å². The monoisotopic (exact) mass is 306 g/mol. The molecule has 1 fully saturated rings. The van der Waals surface area contributed by atoms with Gasteiger partial charge in [0.2, 0.25) is 0 Å². The van der Waals surface area contributed by atoms with Crippen LogP contribution in [0, 0.1) is 11.6 Å². The van der Waals surface area contributed by atoms with Crippen LogP contribution in [-0.2, 0) is 0 Å². The molecule has 0 bridgehead atoms. The number of carbonyl (C=O) groups excluding carboxylic acids is 1. The summed E-state index contributed by atoms with van der Waals surface area (Å²) in [5, 5.41) is 6.63. The minimum Gasteiger partial charge on any atom is -0.355 e. The van der Waals surface area contributed by atoms with Gasteiger partial charge < -0.3 is 9.84 Å². The third-order valence-electron chi connectivity index (χ3n) is 3.89. The number of carbonyl (C=O) groups is 1. The topological polar surface area (TPSA) is 55.1 Å². The van der Waals surface area contributed by atoms with Crippen molar-refractivity contribution in [2.24, 2.45) is 0 Å². The number of hydrogen-bond donors (Lipinski definition) is 1. The first-order valence-corrected chi connectivity index (χ1v) is 7.36. The second-order valence-corrected chi connectivity index (χ2v) is 5.51. The lowest BCUT2D eigenvalue weighted by atomic mass is 9.95. The predicted octanol–water partition coefficient (Wildman–Crippen LogP) is 3.68. The van der Waals surface area contributed by atoms with Crippen molar-refractivity contribution >= 4 is 5.91 Å². The lowest BCUT2D eigenvalue weighted by Crippen LogP contribution is -2.36. The van der Waals surface area contributed by atoms with Crippen molar-refractivity contribution in [3.05, 3.63) is 41.6 Å². The summed E-state index contributed by atoms with van der Waals surface area (Å²) < 4.78 is 31.2. The predicted molar refractivity (Wildman–Crippen MR) is 76.2 cm³/mol. The molecule has 4 nitrogen and oxygen atoms in total. The fourth-order valence-electron chi connectivity index (χ4n) is 2.67. The summed E-state index contributed by atoms with van der Waals surface area (Å²) in [5.74, 6) is -1.97. The van der Waals surface area contributed by atoms with Gasteiger partial charge in [-0.3, -0.25) is 4.79 Å². The molecule has 1 amide bonds. The third kappa shape index (κ3) is 3.16. The zero-order valence-electron chi connectivity index (χ0n) is 11.9. The Morgan fingerprint density at radius 2 is 1.91 bits per heavy atom. The summed E-state index contributed by atoms with van der Waals surface area (Å²) in [6, 6.07) is 5.00. The van der Waals surface area contributed by atoms with Crippen molar-refractivity contribution < 1.29 is 18.1 Å². The second-order valence-electron chi connectivity index (χ2n) is 5.51. The van der Waals surface area contributed by atoms with Crippen LogP contribution in [0.25, 0.3) is 11.3 Å². The van der Waals surface area contributed by atoms with Gasteiger partial charge in [0.05, 0.1) is 0 Å². The molecule has 1 N–H and O–H groups in total. The fourth-order valence-corrected chi connectivity index (χ4v) is 2.67. The number of amides is 1. The van der Waals surface area contributed by atoms with Gasteiger partial charge in [0, 0.05) is 17.7 Å². The van der Waals surface area contributed by atoms with Gasteiger partial charge in [0.15, 0.2) is 23.1 Å². The number of rotatable bonds is 3. The summed E-state index contributed by atoms with van der Waals surface area (Å²) in [4.78, 5) is 12.1. The number of benzene rings is 1. The molecule has 0 aliphatic heterocycles. The molecule has 0 unspecified atom stereocenters. The highest BCUT2D eigenvalue weighted by Crippen LogP contribution is 2.23. The smallest absolute Gasteiger partial charge is 0.273 e. The number of aromatic nitrogens is 1. The summed E-state index contributed by atoms with van der Waals surface area (Å²) in [5.41, 5.74) is 0.480. The highest BCUT2D eigenvalue weighted by atomic mass is 19.2. The van der Waals surface area contributed by atoms with E-state index >= 15 is 0 Å². The Labute approximate surface area is 126 Å². The van der Waals surface area contributed by atoms with Crippen LogP contribution in [0.5, 0.6) is 0 Å². The largest absolute Gasteiger partial charge is 0.355 e. The summed E-state index contributed by atoms with van der Waals surface area (Å²) >= 11 is 0. The zero-order valence-corrected chi connectivity index (χ0v) is 11.9. The average molecular weight is 306 g/mol. The van der Waals surface area contributed by atoms with Gasteiger partial charge in [0.1, 0.15) is 0 Å². The molecule has 1 aromatic heterocycles.